The van der Waals surface area contributed by atoms with Gasteiger partial charge in [0.25, 0.3) is 0 Å². The molecule has 1 amide bonds. The van der Waals surface area contributed by atoms with Crippen LogP contribution in [-0.2, 0) is 24.8 Å². The van der Waals surface area contributed by atoms with E-state index in [1.807, 2.05) is 4.90 Å². The van der Waals surface area contributed by atoms with Crippen LogP contribution in [0.25, 0.3) is 0 Å². The lowest BCUT2D eigenvalue weighted by atomic mass is 10.2. The summed E-state index contributed by atoms with van der Waals surface area (Å²) in [5, 5.41) is 0. The molecule has 1 aromatic heterocycles. The van der Waals surface area contributed by atoms with E-state index in [-0.39, 0.29) is 35.3 Å². The number of anilines is 1. The topological polar surface area (TPSA) is 117 Å². The molecule has 0 radical (unpaired) electrons. The summed E-state index contributed by atoms with van der Waals surface area (Å²) in [5.41, 5.74) is 0.457. The molecule has 1 aliphatic heterocycles. The number of nitrogens with one attached hydrogen (secondary N) is 1. The zero-order chi connectivity index (χ0) is 21.4. The number of amides is 1. The van der Waals surface area contributed by atoms with Gasteiger partial charge in [-0.3, -0.25) is 9.69 Å². The van der Waals surface area contributed by atoms with Gasteiger partial charge in [0.1, 0.15) is 5.76 Å². The van der Waals surface area contributed by atoms with Crippen LogP contribution < -0.4 is 9.03 Å². The normalized spacial score (nSPS) is 17.8. The van der Waals surface area contributed by atoms with Gasteiger partial charge in [0.2, 0.25) is 26.0 Å². The van der Waals surface area contributed by atoms with Gasteiger partial charge in [-0.1, -0.05) is 6.07 Å². The molecule has 29 heavy (non-hydrogen) atoms. The van der Waals surface area contributed by atoms with E-state index in [2.05, 4.69) is 4.72 Å². The molecule has 1 aliphatic rings. The fourth-order valence-electron chi connectivity index (χ4n) is 3.16. The number of rotatable bonds is 7. The number of hydrogen-bond donors (Lipinski definition) is 1. The highest BCUT2D eigenvalue weighted by Crippen LogP contribution is 2.29. The second kappa shape index (κ2) is 7.90. The van der Waals surface area contributed by atoms with Crippen molar-refractivity contribution >= 4 is 31.6 Å². The Hall–Kier alpha value is -2.21. The van der Waals surface area contributed by atoms with Gasteiger partial charge in [0.05, 0.1) is 28.6 Å². The molecule has 0 bridgehead atoms. The van der Waals surface area contributed by atoms with Crippen LogP contribution in [0.2, 0.25) is 0 Å². The molecule has 158 valence electrons. The maximum atomic E-state index is 12.9. The highest BCUT2D eigenvalue weighted by molar-refractivity contribution is 7.94. The highest BCUT2D eigenvalue weighted by atomic mass is 32.2. The predicted octanol–water partition coefficient (Wildman–Crippen LogP) is 1.24. The summed E-state index contributed by atoms with van der Waals surface area (Å²) in [6.07, 6.45) is 1.39. The van der Waals surface area contributed by atoms with Crippen LogP contribution >= 0.6 is 0 Å². The molecule has 1 aromatic carbocycles. The second-order valence-electron chi connectivity index (χ2n) is 7.02. The Morgan fingerprint density at radius 1 is 1.28 bits per heavy atom. The largest absolute Gasteiger partial charge is 0.468 e. The number of furan rings is 1. The zero-order valence-corrected chi connectivity index (χ0v) is 18.0. The molecule has 0 aliphatic carbocycles. The maximum Gasteiger partial charge on any atom is 0.242 e. The molecule has 1 saturated heterocycles. The van der Waals surface area contributed by atoms with Gasteiger partial charge >= 0.3 is 0 Å². The first-order chi connectivity index (χ1) is 13.5. The number of nitrogens with zero attached hydrogens (tertiary/aromatic N) is 2. The van der Waals surface area contributed by atoms with Crippen molar-refractivity contribution in [3.8, 4) is 0 Å². The summed E-state index contributed by atoms with van der Waals surface area (Å²) < 4.78 is 58.8. The van der Waals surface area contributed by atoms with Gasteiger partial charge in [0, 0.05) is 13.0 Å². The van der Waals surface area contributed by atoms with Crippen molar-refractivity contribution in [3.05, 3.63) is 47.9 Å². The zero-order valence-electron chi connectivity index (χ0n) is 16.3. The lowest BCUT2D eigenvalue weighted by Gasteiger charge is -2.23. The van der Waals surface area contributed by atoms with E-state index >= 15 is 0 Å². The SMILES string of the molecule is Cc1ccc(N2C(=O)CCS2(=O)=O)cc1S(=O)(=O)NC[C@@H](c1ccco1)N(C)C. The number of carbonyl (C=O) groups excluding carboxylic acids is 1. The maximum absolute atomic E-state index is 12.9. The Labute approximate surface area is 170 Å². The van der Waals surface area contributed by atoms with Crippen molar-refractivity contribution < 1.29 is 26.0 Å². The van der Waals surface area contributed by atoms with Crippen molar-refractivity contribution in [2.24, 2.45) is 0 Å². The van der Waals surface area contributed by atoms with Crippen LogP contribution in [0.5, 0.6) is 0 Å². The third-order valence-electron chi connectivity index (χ3n) is 4.74. The van der Waals surface area contributed by atoms with Crippen LogP contribution in [0.15, 0.2) is 45.9 Å². The standard InChI is InChI=1S/C18H23N3O6S2/c1-13-6-7-14(21-18(22)8-10-28(21,23)24)11-17(13)29(25,26)19-12-15(20(2)3)16-5-4-9-27-16/h4-7,9,11,15,19H,8,10,12H2,1-3H3/t15-/m0/s1. The summed E-state index contributed by atoms with van der Waals surface area (Å²) in [5.74, 6) is -0.249. The Morgan fingerprint density at radius 2 is 2.00 bits per heavy atom. The molecular weight excluding hydrogens is 418 g/mol. The van der Waals surface area contributed by atoms with E-state index < -0.39 is 26.0 Å². The van der Waals surface area contributed by atoms with Crippen molar-refractivity contribution in [3.63, 3.8) is 0 Å². The molecule has 9 nitrogen and oxygen atoms in total. The van der Waals surface area contributed by atoms with Gasteiger partial charge in [-0.25, -0.2) is 25.9 Å². The predicted molar refractivity (Wildman–Crippen MR) is 107 cm³/mol. The van der Waals surface area contributed by atoms with Gasteiger partial charge in [-0.2, -0.15) is 0 Å². The van der Waals surface area contributed by atoms with Crippen LogP contribution in [-0.4, -0.2) is 54.0 Å². The fraction of sp³-hybridized carbons (Fsp3) is 0.389. The number of carbonyl (C=O) groups is 1. The molecular formula is C18H23N3O6S2. The van der Waals surface area contributed by atoms with E-state index in [9.17, 15) is 21.6 Å². The minimum Gasteiger partial charge on any atom is -0.468 e. The van der Waals surface area contributed by atoms with Crippen LogP contribution in [0, 0.1) is 6.92 Å². The van der Waals surface area contributed by atoms with Crippen molar-refractivity contribution in [2.75, 3.05) is 30.7 Å². The Morgan fingerprint density at radius 3 is 2.55 bits per heavy atom. The Balaban J connectivity index is 1.90. The lowest BCUT2D eigenvalue weighted by molar-refractivity contribution is -0.116. The number of sulfonamides is 2. The first kappa shape index (κ1) is 21.5. The molecule has 11 heteroatoms. The summed E-state index contributed by atoms with van der Waals surface area (Å²) in [4.78, 5) is 13.8. The van der Waals surface area contributed by atoms with Crippen LogP contribution in [0.4, 0.5) is 5.69 Å². The van der Waals surface area contributed by atoms with Gasteiger partial charge in [0.15, 0.2) is 0 Å². The molecule has 0 spiro atoms. The first-order valence-electron chi connectivity index (χ1n) is 8.89. The van der Waals surface area contributed by atoms with E-state index in [0.29, 0.717) is 15.6 Å². The van der Waals surface area contributed by atoms with E-state index in [1.54, 1.807) is 33.2 Å². The van der Waals surface area contributed by atoms with E-state index in [1.165, 1.54) is 24.5 Å². The first-order valence-corrected chi connectivity index (χ1v) is 12.0. The van der Waals surface area contributed by atoms with Crippen LogP contribution in [0.3, 0.4) is 0 Å². The van der Waals surface area contributed by atoms with Gasteiger partial charge in [-0.15, -0.1) is 0 Å². The molecule has 1 fully saturated rings. The van der Waals surface area contributed by atoms with Crippen molar-refractivity contribution in [1.82, 2.24) is 9.62 Å². The molecule has 0 saturated carbocycles. The van der Waals surface area contributed by atoms with E-state index in [4.69, 9.17) is 4.42 Å². The van der Waals surface area contributed by atoms with Gasteiger partial charge < -0.3 is 4.42 Å². The van der Waals surface area contributed by atoms with Gasteiger partial charge in [-0.05, 0) is 50.8 Å². The Bertz CT molecular complexity index is 1110. The van der Waals surface area contributed by atoms with Crippen LogP contribution in [0.1, 0.15) is 23.8 Å². The van der Waals surface area contributed by atoms with Crippen molar-refractivity contribution in [1.29, 1.82) is 0 Å². The fourth-order valence-corrected chi connectivity index (χ4v) is 5.91. The molecule has 1 atom stereocenters. The molecule has 0 unspecified atom stereocenters. The average Bonchev–Trinajstić information content (AvgIpc) is 3.24. The number of hydrogen-bond acceptors (Lipinski definition) is 7. The summed E-state index contributed by atoms with van der Waals surface area (Å²) in [6.45, 7) is 1.65. The molecule has 3 rings (SSSR count). The minimum absolute atomic E-state index is 0.0219. The molecule has 2 aromatic rings. The number of likely N-dealkylation sites (N-methyl/N-ethyl adjacent to an activating group) is 1. The quantitative estimate of drug-likeness (QED) is 0.687. The summed E-state index contributed by atoms with van der Waals surface area (Å²) in [7, 11) is -4.14. The lowest BCUT2D eigenvalue weighted by Crippen LogP contribution is -2.35. The van der Waals surface area contributed by atoms with Crippen molar-refractivity contribution in [2.45, 2.75) is 24.3 Å². The second-order valence-corrected chi connectivity index (χ2v) is 10.7. The molecule has 1 N–H and O–H groups in total. The molecule has 2 heterocycles. The highest BCUT2D eigenvalue weighted by Gasteiger charge is 2.37. The number of aryl methyl sites for hydroxylation is 1. The monoisotopic (exact) mass is 441 g/mol. The summed E-state index contributed by atoms with van der Waals surface area (Å²) >= 11 is 0. The third-order valence-corrected chi connectivity index (χ3v) is 7.99. The smallest absolute Gasteiger partial charge is 0.242 e. The Kier molecular flexibility index (Phi) is 5.86. The third kappa shape index (κ3) is 4.37. The summed E-state index contributed by atoms with van der Waals surface area (Å²) in [6, 6.07) is 7.29. The van der Waals surface area contributed by atoms with E-state index in [0.717, 1.165) is 0 Å². The number of benzene rings is 1. The minimum atomic E-state index is -3.97. The average molecular weight is 442 g/mol.